The predicted octanol–water partition coefficient (Wildman–Crippen LogP) is 1.87. The number of benzene rings is 1. The molecule has 0 bridgehead atoms. The average Bonchev–Trinajstić information content (AvgIpc) is 2.42. The van der Waals surface area contributed by atoms with Crippen LogP contribution in [0.25, 0.3) is 0 Å². The van der Waals surface area contributed by atoms with Gasteiger partial charge in [0, 0.05) is 25.5 Å². The van der Waals surface area contributed by atoms with Gasteiger partial charge < -0.3 is 14.8 Å². The Bertz CT molecular complexity index is 444. The molecule has 0 unspecified atom stereocenters. The third kappa shape index (κ3) is 3.65. The Morgan fingerprint density at radius 2 is 2.21 bits per heavy atom. The lowest BCUT2D eigenvalue weighted by Gasteiger charge is -2.23. The van der Waals surface area contributed by atoms with Gasteiger partial charge >= 0.3 is 5.69 Å². The van der Waals surface area contributed by atoms with E-state index >= 15 is 0 Å². The summed E-state index contributed by atoms with van der Waals surface area (Å²) in [7, 11) is 1.80. The summed E-state index contributed by atoms with van der Waals surface area (Å²) in [6.07, 6.45) is 1.55. The molecular weight excluding hydrogens is 248 g/mol. The molecule has 0 radical (unpaired) electrons. The van der Waals surface area contributed by atoms with Gasteiger partial charge in [0.25, 0.3) is 0 Å². The van der Waals surface area contributed by atoms with Gasteiger partial charge in [0.05, 0.1) is 18.1 Å². The lowest BCUT2D eigenvalue weighted by atomic mass is 10.1. The number of nitrogens with one attached hydrogen (secondary N) is 1. The maximum absolute atomic E-state index is 11.1. The summed E-state index contributed by atoms with van der Waals surface area (Å²) in [5.41, 5.74) is 0.896. The zero-order valence-electron chi connectivity index (χ0n) is 10.9. The van der Waals surface area contributed by atoms with E-state index in [-0.39, 0.29) is 11.8 Å². The highest BCUT2D eigenvalue weighted by atomic mass is 16.6. The first-order valence-corrected chi connectivity index (χ1v) is 6.37. The fraction of sp³-hybridized carbons (Fsp3) is 0.538. The molecule has 0 spiro atoms. The Labute approximate surface area is 111 Å². The SMILES string of the molecule is CNCc1ccc(OC2CCOCC2)c([N+](=O)[O-])c1. The molecule has 0 saturated carbocycles. The first-order valence-electron chi connectivity index (χ1n) is 6.37. The van der Waals surface area contributed by atoms with E-state index in [2.05, 4.69) is 5.32 Å². The van der Waals surface area contributed by atoms with Gasteiger partial charge in [-0.15, -0.1) is 0 Å². The Morgan fingerprint density at radius 1 is 1.47 bits per heavy atom. The molecule has 1 fully saturated rings. The van der Waals surface area contributed by atoms with Crippen LogP contribution in [0.15, 0.2) is 18.2 Å². The molecule has 2 rings (SSSR count). The van der Waals surface area contributed by atoms with Crippen LogP contribution in [0.2, 0.25) is 0 Å². The lowest BCUT2D eigenvalue weighted by molar-refractivity contribution is -0.386. The van der Waals surface area contributed by atoms with E-state index in [0.29, 0.717) is 25.5 Å². The lowest BCUT2D eigenvalue weighted by Crippen LogP contribution is -2.26. The van der Waals surface area contributed by atoms with E-state index in [9.17, 15) is 10.1 Å². The average molecular weight is 266 g/mol. The molecule has 6 heteroatoms. The second kappa shape index (κ2) is 6.49. The maximum atomic E-state index is 11.1. The van der Waals surface area contributed by atoms with Crippen molar-refractivity contribution in [3.63, 3.8) is 0 Å². The van der Waals surface area contributed by atoms with E-state index in [1.807, 2.05) is 6.07 Å². The molecule has 1 aliphatic heterocycles. The highest BCUT2D eigenvalue weighted by molar-refractivity contribution is 5.48. The summed E-state index contributed by atoms with van der Waals surface area (Å²) in [5, 5.41) is 14.1. The first-order chi connectivity index (χ1) is 9.20. The number of hydrogen-bond donors (Lipinski definition) is 1. The summed E-state index contributed by atoms with van der Waals surface area (Å²) < 4.78 is 11.0. The van der Waals surface area contributed by atoms with Crippen LogP contribution >= 0.6 is 0 Å². The minimum absolute atomic E-state index is 0.00241. The number of hydrogen-bond acceptors (Lipinski definition) is 5. The van der Waals surface area contributed by atoms with Crippen molar-refractivity contribution in [1.29, 1.82) is 0 Å². The highest BCUT2D eigenvalue weighted by Crippen LogP contribution is 2.30. The second-order valence-corrected chi connectivity index (χ2v) is 4.52. The molecule has 19 heavy (non-hydrogen) atoms. The molecule has 0 aromatic heterocycles. The monoisotopic (exact) mass is 266 g/mol. The van der Waals surface area contributed by atoms with Gasteiger partial charge in [0.2, 0.25) is 0 Å². The van der Waals surface area contributed by atoms with Crippen LogP contribution in [0.5, 0.6) is 5.75 Å². The van der Waals surface area contributed by atoms with E-state index in [0.717, 1.165) is 18.4 Å². The van der Waals surface area contributed by atoms with Gasteiger partial charge in [-0.3, -0.25) is 10.1 Å². The van der Waals surface area contributed by atoms with Crippen molar-refractivity contribution >= 4 is 5.69 Å². The third-order valence-corrected chi connectivity index (χ3v) is 3.06. The highest BCUT2D eigenvalue weighted by Gasteiger charge is 2.21. The standard InChI is InChI=1S/C13H18N2O4/c1-14-9-10-2-3-13(12(8-10)15(16)17)19-11-4-6-18-7-5-11/h2-3,8,11,14H,4-7,9H2,1H3. The van der Waals surface area contributed by atoms with Crippen LogP contribution in [-0.4, -0.2) is 31.3 Å². The van der Waals surface area contributed by atoms with Crippen molar-refractivity contribution in [2.45, 2.75) is 25.5 Å². The molecule has 6 nitrogen and oxygen atoms in total. The van der Waals surface area contributed by atoms with E-state index < -0.39 is 4.92 Å². The first kappa shape index (κ1) is 13.8. The molecular formula is C13H18N2O4. The predicted molar refractivity (Wildman–Crippen MR) is 70.3 cm³/mol. The molecule has 1 heterocycles. The summed E-state index contributed by atoms with van der Waals surface area (Å²) in [6, 6.07) is 5.09. The van der Waals surface area contributed by atoms with E-state index in [4.69, 9.17) is 9.47 Å². The van der Waals surface area contributed by atoms with Crippen LogP contribution in [0.3, 0.4) is 0 Å². The number of rotatable bonds is 5. The number of nitro benzene ring substituents is 1. The Kier molecular flexibility index (Phi) is 4.70. The minimum atomic E-state index is -0.395. The van der Waals surface area contributed by atoms with Crippen LogP contribution in [-0.2, 0) is 11.3 Å². The maximum Gasteiger partial charge on any atom is 0.311 e. The molecule has 0 amide bonds. The Balaban J connectivity index is 2.15. The fourth-order valence-electron chi connectivity index (χ4n) is 2.09. The Morgan fingerprint density at radius 3 is 2.84 bits per heavy atom. The third-order valence-electron chi connectivity index (χ3n) is 3.06. The molecule has 0 atom stereocenters. The summed E-state index contributed by atoms with van der Waals surface area (Å²) >= 11 is 0. The van der Waals surface area contributed by atoms with Crippen molar-refractivity contribution < 1.29 is 14.4 Å². The molecule has 1 saturated heterocycles. The molecule has 1 aromatic carbocycles. The number of ether oxygens (including phenoxy) is 2. The van der Waals surface area contributed by atoms with Crippen LogP contribution in [0, 0.1) is 10.1 Å². The number of nitro groups is 1. The molecule has 104 valence electrons. The smallest absolute Gasteiger partial charge is 0.311 e. The van der Waals surface area contributed by atoms with Crippen molar-refractivity contribution in [1.82, 2.24) is 5.32 Å². The van der Waals surface area contributed by atoms with Gasteiger partial charge in [-0.1, -0.05) is 6.07 Å². The van der Waals surface area contributed by atoms with Crippen molar-refractivity contribution in [3.8, 4) is 5.75 Å². The molecule has 0 aliphatic carbocycles. The minimum Gasteiger partial charge on any atom is -0.483 e. The van der Waals surface area contributed by atoms with E-state index in [1.54, 1.807) is 19.2 Å². The van der Waals surface area contributed by atoms with Crippen molar-refractivity contribution in [2.24, 2.45) is 0 Å². The molecule has 1 aromatic rings. The van der Waals surface area contributed by atoms with Crippen LogP contribution in [0.4, 0.5) is 5.69 Å². The largest absolute Gasteiger partial charge is 0.483 e. The van der Waals surface area contributed by atoms with Gasteiger partial charge in [-0.05, 0) is 18.7 Å². The zero-order valence-corrected chi connectivity index (χ0v) is 10.9. The summed E-state index contributed by atoms with van der Waals surface area (Å²) in [5.74, 6) is 0.344. The van der Waals surface area contributed by atoms with E-state index in [1.165, 1.54) is 0 Å². The number of nitrogens with zero attached hydrogens (tertiary/aromatic N) is 1. The Hall–Kier alpha value is -1.66. The molecule has 1 N–H and O–H groups in total. The van der Waals surface area contributed by atoms with Crippen molar-refractivity contribution in [3.05, 3.63) is 33.9 Å². The van der Waals surface area contributed by atoms with Gasteiger partial charge in [0.1, 0.15) is 6.10 Å². The quantitative estimate of drug-likeness (QED) is 0.650. The second-order valence-electron chi connectivity index (χ2n) is 4.52. The van der Waals surface area contributed by atoms with Gasteiger partial charge in [-0.2, -0.15) is 0 Å². The summed E-state index contributed by atoms with van der Waals surface area (Å²) in [4.78, 5) is 10.7. The van der Waals surface area contributed by atoms with Gasteiger partial charge in [0.15, 0.2) is 5.75 Å². The normalized spacial score (nSPS) is 16.3. The summed E-state index contributed by atoms with van der Waals surface area (Å²) in [6.45, 7) is 1.89. The molecule has 1 aliphatic rings. The van der Waals surface area contributed by atoms with Crippen LogP contribution < -0.4 is 10.1 Å². The zero-order chi connectivity index (χ0) is 13.7. The van der Waals surface area contributed by atoms with Gasteiger partial charge in [-0.25, -0.2) is 0 Å². The van der Waals surface area contributed by atoms with Crippen LogP contribution in [0.1, 0.15) is 18.4 Å². The van der Waals surface area contributed by atoms with Crippen molar-refractivity contribution in [2.75, 3.05) is 20.3 Å². The fourth-order valence-corrected chi connectivity index (χ4v) is 2.09. The topological polar surface area (TPSA) is 73.6 Å².